The molecular formula is C15H17NO6. The molecular weight excluding hydrogens is 290 g/mol. The van der Waals surface area contributed by atoms with E-state index in [0.29, 0.717) is 5.75 Å². The standard InChI is InChI=1S/C15H17NO6/c1-5-8-16-12(17)9-22-15(18)10-6-7-11(19-2)14(21-4)13(10)20-3/h1,6-7H,8-9H2,2-4H3,(H,16,17). The normalized spacial score (nSPS) is 9.36. The van der Waals surface area contributed by atoms with Crippen molar-refractivity contribution in [3.63, 3.8) is 0 Å². The van der Waals surface area contributed by atoms with Crippen LogP contribution in [0.15, 0.2) is 12.1 Å². The Morgan fingerprint density at radius 2 is 1.82 bits per heavy atom. The number of nitrogens with one attached hydrogen (secondary N) is 1. The van der Waals surface area contributed by atoms with Crippen LogP contribution in [0, 0.1) is 12.3 Å². The fourth-order valence-corrected chi connectivity index (χ4v) is 1.67. The Labute approximate surface area is 128 Å². The number of hydrogen-bond donors (Lipinski definition) is 1. The molecule has 1 N–H and O–H groups in total. The Bertz CT molecular complexity index is 590. The molecule has 1 aromatic carbocycles. The van der Waals surface area contributed by atoms with Crippen LogP contribution in [0.25, 0.3) is 0 Å². The Balaban J connectivity index is 2.90. The van der Waals surface area contributed by atoms with Crippen molar-refractivity contribution in [2.75, 3.05) is 34.5 Å². The molecule has 1 aromatic rings. The van der Waals surface area contributed by atoms with Crippen LogP contribution in [-0.2, 0) is 9.53 Å². The summed E-state index contributed by atoms with van der Waals surface area (Å²) < 4.78 is 20.4. The van der Waals surface area contributed by atoms with Crippen molar-refractivity contribution in [1.82, 2.24) is 5.32 Å². The van der Waals surface area contributed by atoms with E-state index in [1.165, 1.54) is 33.5 Å². The molecule has 0 bridgehead atoms. The Morgan fingerprint density at radius 3 is 2.36 bits per heavy atom. The number of rotatable bonds is 7. The maximum absolute atomic E-state index is 12.1. The Kier molecular flexibility index (Phi) is 6.57. The topological polar surface area (TPSA) is 83.1 Å². The molecule has 0 radical (unpaired) electrons. The van der Waals surface area contributed by atoms with E-state index in [-0.39, 0.29) is 23.6 Å². The predicted molar refractivity (Wildman–Crippen MR) is 78.2 cm³/mol. The summed E-state index contributed by atoms with van der Waals surface area (Å²) >= 11 is 0. The highest BCUT2D eigenvalue weighted by molar-refractivity contribution is 5.95. The molecule has 0 heterocycles. The number of hydrogen-bond acceptors (Lipinski definition) is 6. The van der Waals surface area contributed by atoms with Gasteiger partial charge < -0.3 is 24.3 Å². The van der Waals surface area contributed by atoms with Crippen molar-refractivity contribution in [3.8, 4) is 29.6 Å². The first-order valence-electron chi connectivity index (χ1n) is 6.25. The quantitative estimate of drug-likeness (QED) is 0.587. The van der Waals surface area contributed by atoms with Crippen molar-refractivity contribution in [2.24, 2.45) is 0 Å². The Morgan fingerprint density at radius 1 is 1.14 bits per heavy atom. The fourth-order valence-electron chi connectivity index (χ4n) is 1.67. The average Bonchev–Trinajstić information content (AvgIpc) is 2.55. The van der Waals surface area contributed by atoms with Gasteiger partial charge in [-0.1, -0.05) is 5.92 Å². The van der Waals surface area contributed by atoms with Gasteiger partial charge in [-0.25, -0.2) is 4.79 Å². The molecule has 0 aliphatic carbocycles. The van der Waals surface area contributed by atoms with E-state index in [1.54, 1.807) is 0 Å². The summed E-state index contributed by atoms with van der Waals surface area (Å²) in [5.74, 6) is 1.85. The number of benzene rings is 1. The highest BCUT2D eigenvalue weighted by Crippen LogP contribution is 2.39. The van der Waals surface area contributed by atoms with Crippen molar-refractivity contribution < 1.29 is 28.5 Å². The molecule has 0 saturated carbocycles. The molecule has 0 spiro atoms. The number of terminal acetylenes is 1. The number of carbonyl (C=O) groups excluding carboxylic acids is 2. The fraction of sp³-hybridized carbons (Fsp3) is 0.333. The van der Waals surface area contributed by atoms with Crippen LogP contribution in [0.1, 0.15) is 10.4 Å². The molecule has 1 rings (SSSR count). The summed E-state index contributed by atoms with van der Waals surface area (Å²) in [6, 6.07) is 3.00. The van der Waals surface area contributed by atoms with E-state index in [2.05, 4.69) is 11.2 Å². The van der Waals surface area contributed by atoms with Gasteiger partial charge >= 0.3 is 5.97 Å². The van der Waals surface area contributed by atoms with Gasteiger partial charge in [-0.15, -0.1) is 6.42 Å². The molecule has 118 valence electrons. The van der Waals surface area contributed by atoms with Gasteiger partial charge in [-0.3, -0.25) is 4.79 Å². The lowest BCUT2D eigenvalue weighted by atomic mass is 10.1. The second-order valence-electron chi connectivity index (χ2n) is 3.94. The summed E-state index contributed by atoms with van der Waals surface area (Å²) in [5, 5.41) is 2.38. The predicted octanol–water partition coefficient (Wildman–Crippen LogP) is 0.619. The molecule has 0 unspecified atom stereocenters. The summed E-state index contributed by atoms with van der Waals surface area (Å²) in [6.45, 7) is -0.381. The zero-order chi connectivity index (χ0) is 16.5. The lowest BCUT2D eigenvalue weighted by Gasteiger charge is -2.15. The SMILES string of the molecule is C#CCNC(=O)COC(=O)c1ccc(OC)c(OC)c1OC. The number of methoxy groups -OCH3 is 3. The van der Waals surface area contributed by atoms with Gasteiger partial charge in [0.1, 0.15) is 5.56 Å². The van der Waals surface area contributed by atoms with E-state index < -0.39 is 18.5 Å². The van der Waals surface area contributed by atoms with E-state index >= 15 is 0 Å². The molecule has 7 nitrogen and oxygen atoms in total. The monoisotopic (exact) mass is 307 g/mol. The van der Waals surface area contributed by atoms with Crippen LogP contribution in [-0.4, -0.2) is 46.4 Å². The van der Waals surface area contributed by atoms with E-state index in [0.717, 1.165) is 0 Å². The van der Waals surface area contributed by atoms with Crippen LogP contribution >= 0.6 is 0 Å². The zero-order valence-electron chi connectivity index (χ0n) is 12.6. The van der Waals surface area contributed by atoms with Crippen LogP contribution in [0.2, 0.25) is 0 Å². The van der Waals surface area contributed by atoms with Crippen LogP contribution in [0.4, 0.5) is 0 Å². The minimum atomic E-state index is -0.728. The third kappa shape index (κ3) is 4.06. The first kappa shape index (κ1) is 17.2. The van der Waals surface area contributed by atoms with E-state index in [1.807, 2.05) is 0 Å². The molecule has 0 saturated heterocycles. The van der Waals surface area contributed by atoms with Crippen molar-refractivity contribution in [1.29, 1.82) is 0 Å². The molecule has 22 heavy (non-hydrogen) atoms. The van der Waals surface area contributed by atoms with Crippen molar-refractivity contribution in [2.45, 2.75) is 0 Å². The molecule has 0 fully saturated rings. The first-order valence-corrected chi connectivity index (χ1v) is 6.25. The third-order valence-corrected chi connectivity index (χ3v) is 2.65. The molecule has 0 aromatic heterocycles. The highest BCUT2D eigenvalue weighted by atomic mass is 16.5. The molecule has 0 aliphatic heterocycles. The maximum atomic E-state index is 12.1. The summed E-state index contributed by atoms with van der Waals surface area (Å²) in [4.78, 5) is 23.4. The second kappa shape index (κ2) is 8.42. The van der Waals surface area contributed by atoms with Gasteiger partial charge in [-0.2, -0.15) is 0 Å². The number of ether oxygens (including phenoxy) is 4. The third-order valence-electron chi connectivity index (χ3n) is 2.65. The number of esters is 1. The molecule has 0 aliphatic rings. The summed E-state index contributed by atoms with van der Waals surface area (Å²) in [7, 11) is 4.27. The first-order chi connectivity index (χ1) is 10.6. The molecule has 1 amide bonds. The summed E-state index contributed by atoms with van der Waals surface area (Å²) in [5.41, 5.74) is 0.116. The zero-order valence-corrected chi connectivity index (χ0v) is 12.6. The van der Waals surface area contributed by atoms with Gasteiger partial charge in [0.25, 0.3) is 5.91 Å². The number of carbonyl (C=O) groups is 2. The average molecular weight is 307 g/mol. The lowest BCUT2D eigenvalue weighted by Crippen LogP contribution is -2.29. The molecule has 7 heteroatoms. The Hall–Kier alpha value is -2.88. The second-order valence-corrected chi connectivity index (χ2v) is 3.94. The lowest BCUT2D eigenvalue weighted by molar-refractivity contribution is -0.123. The van der Waals surface area contributed by atoms with E-state index in [9.17, 15) is 9.59 Å². The van der Waals surface area contributed by atoms with Gasteiger partial charge in [0.2, 0.25) is 5.75 Å². The van der Waals surface area contributed by atoms with E-state index in [4.69, 9.17) is 25.4 Å². The van der Waals surface area contributed by atoms with Gasteiger partial charge in [0.15, 0.2) is 18.1 Å². The van der Waals surface area contributed by atoms with Gasteiger partial charge in [0, 0.05) is 0 Å². The highest BCUT2D eigenvalue weighted by Gasteiger charge is 2.22. The smallest absolute Gasteiger partial charge is 0.342 e. The van der Waals surface area contributed by atoms with Gasteiger partial charge in [-0.05, 0) is 12.1 Å². The van der Waals surface area contributed by atoms with Crippen molar-refractivity contribution >= 4 is 11.9 Å². The minimum Gasteiger partial charge on any atom is -0.493 e. The molecule has 0 atom stereocenters. The van der Waals surface area contributed by atoms with Crippen LogP contribution in [0.3, 0.4) is 0 Å². The van der Waals surface area contributed by atoms with Crippen molar-refractivity contribution in [3.05, 3.63) is 17.7 Å². The van der Waals surface area contributed by atoms with Crippen LogP contribution < -0.4 is 19.5 Å². The summed E-state index contributed by atoms with van der Waals surface area (Å²) in [6.07, 6.45) is 5.01. The maximum Gasteiger partial charge on any atom is 0.342 e. The largest absolute Gasteiger partial charge is 0.493 e. The van der Waals surface area contributed by atoms with Crippen LogP contribution in [0.5, 0.6) is 17.2 Å². The van der Waals surface area contributed by atoms with Gasteiger partial charge in [0.05, 0.1) is 27.9 Å². The minimum absolute atomic E-state index is 0.0655. The number of amides is 1.